The third kappa shape index (κ3) is 2.79. The molecule has 19 heavy (non-hydrogen) atoms. The fourth-order valence-electron chi connectivity index (χ4n) is 1.67. The van der Waals surface area contributed by atoms with Crippen LogP contribution in [0.1, 0.15) is 5.56 Å². The van der Waals surface area contributed by atoms with E-state index < -0.39 is 0 Å². The molecule has 0 spiro atoms. The van der Waals surface area contributed by atoms with Crippen LogP contribution in [0.3, 0.4) is 0 Å². The van der Waals surface area contributed by atoms with Gasteiger partial charge in [0.2, 0.25) is 5.88 Å². The van der Waals surface area contributed by atoms with Crippen LogP contribution in [0, 0.1) is 0 Å². The molecule has 0 aliphatic heterocycles. The Kier molecular flexibility index (Phi) is 4.53. The normalized spacial score (nSPS) is 10.6. The van der Waals surface area contributed by atoms with Crippen LogP contribution in [0.4, 0.5) is 0 Å². The lowest BCUT2D eigenvalue weighted by molar-refractivity contribution is 0.281. The molecule has 0 radical (unpaired) electrons. The van der Waals surface area contributed by atoms with Gasteiger partial charge >= 0.3 is 0 Å². The van der Waals surface area contributed by atoms with Crippen molar-refractivity contribution in [2.45, 2.75) is 6.61 Å². The first-order chi connectivity index (χ1) is 9.08. The molecule has 1 N–H and O–H groups in total. The zero-order chi connectivity index (χ0) is 14.0. The summed E-state index contributed by atoms with van der Waals surface area (Å²) in [7, 11) is 1.51. The Morgan fingerprint density at radius 1 is 1.16 bits per heavy atom. The van der Waals surface area contributed by atoms with Gasteiger partial charge in [-0.3, -0.25) is 0 Å². The summed E-state index contributed by atoms with van der Waals surface area (Å²) in [5.41, 5.74) is 1.95. The van der Waals surface area contributed by atoms with E-state index in [1.165, 1.54) is 13.3 Å². The third-order valence-corrected chi connectivity index (χ3v) is 3.90. The number of aliphatic hydroxyl groups excluding tert-OH is 1. The van der Waals surface area contributed by atoms with Gasteiger partial charge in [-0.05, 0) is 17.7 Å². The molecule has 0 saturated heterocycles. The highest BCUT2D eigenvalue weighted by molar-refractivity contribution is 6.49. The zero-order valence-electron chi connectivity index (χ0n) is 9.95. The number of hydrogen-bond acceptors (Lipinski definition) is 3. The Bertz CT molecular complexity index is 617. The maximum atomic E-state index is 9.18. The molecule has 0 unspecified atom stereocenters. The molecular formula is C13H10Cl3NO2. The quantitative estimate of drug-likeness (QED) is 0.862. The van der Waals surface area contributed by atoms with Crippen molar-refractivity contribution in [1.29, 1.82) is 0 Å². The summed E-state index contributed by atoms with van der Waals surface area (Å²) in [6, 6.07) is 5.13. The first-order valence-electron chi connectivity index (χ1n) is 5.36. The smallest absolute Gasteiger partial charge is 0.221 e. The van der Waals surface area contributed by atoms with Crippen molar-refractivity contribution >= 4 is 34.8 Å². The van der Waals surface area contributed by atoms with E-state index in [1.54, 1.807) is 18.2 Å². The lowest BCUT2D eigenvalue weighted by Crippen LogP contribution is -1.95. The first-order valence-corrected chi connectivity index (χ1v) is 6.49. The number of aromatic nitrogens is 1. The Balaban J connectivity index is 2.67. The first kappa shape index (κ1) is 14.4. The minimum atomic E-state index is -0.122. The Morgan fingerprint density at radius 3 is 2.53 bits per heavy atom. The topological polar surface area (TPSA) is 42.4 Å². The second kappa shape index (κ2) is 5.97. The van der Waals surface area contributed by atoms with Crippen molar-refractivity contribution in [2.75, 3.05) is 7.11 Å². The lowest BCUT2D eigenvalue weighted by Gasteiger charge is -2.12. The number of aliphatic hydroxyl groups is 1. The standard InChI is InChI=1S/C13H10Cl3NO2/c1-19-13-9(4-7(6-18)5-17-13)8-2-3-10(14)12(16)11(8)15/h2-5,18H,6H2,1H3. The van der Waals surface area contributed by atoms with E-state index in [-0.39, 0.29) is 11.6 Å². The van der Waals surface area contributed by atoms with Crippen molar-refractivity contribution in [1.82, 2.24) is 4.98 Å². The number of ether oxygens (including phenoxy) is 1. The molecule has 6 heteroatoms. The van der Waals surface area contributed by atoms with Crippen LogP contribution in [-0.2, 0) is 6.61 Å². The van der Waals surface area contributed by atoms with E-state index in [0.717, 1.165) is 0 Å². The van der Waals surface area contributed by atoms with Crippen LogP contribution in [0.25, 0.3) is 11.1 Å². The summed E-state index contributed by atoms with van der Waals surface area (Å²) in [6.45, 7) is -0.122. The van der Waals surface area contributed by atoms with Gasteiger partial charge in [-0.1, -0.05) is 40.9 Å². The second-order valence-electron chi connectivity index (χ2n) is 3.78. The molecule has 0 saturated carbocycles. The molecule has 0 amide bonds. The molecule has 2 aromatic rings. The summed E-state index contributed by atoms with van der Waals surface area (Å²) in [5.74, 6) is 0.400. The van der Waals surface area contributed by atoms with Crippen LogP contribution in [-0.4, -0.2) is 17.2 Å². The number of benzene rings is 1. The van der Waals surface area contributed by atoms with Crippen molar-refractivity contribution in [2.24, 2.45) is 0 Å². The van der Waals surface area contributed by atoms with E-state index in [4.69, 9.17) is 39.5 Å². The second-order valence-corrected chi connectivity index (χ2v) is 4.94. The Labute approximate surface area is 125 Å². The van der Waals surface area contributed by atoms with Gasteiger partial charge in [-0.25, -0.2) is 4.98 Å². The number of methoxy groups -OCH3 is 1. The van der Waals surface area contributed by atoms with E-state index in [0.29, 0.717) is 32.6 Å². The molecule has 0 aliphatic rings. The summed E-state index contributed by atoms with van der Waals surface area (Å²) >= 11 is 18.1. The average molecular weight is 319 g/mol. The van der Waals surface area contributed by atoms with Gasteiger partial charge in [-0.2, -0.15) is 0 Å². The maximum Gasteiger partial charge on any atom is 0.221 e. The lowest BCUT2D eigenvalue weighted by atomic mass is 10.1. The third-order valence-electron chi connectivity index (χ3n) is 2.61. The Hall–Kier alpha value is -1.000. The van der Waals surface area contributed by atoms with Crippen molar-refractivity contribution in [3.8, 4) is 17.0 Å². The molecule has 1 aromatic heterocycles. The molecule has 0 aliphatic carbocycles. The number of nitrogens with zero attached hydrogens (tertiary/aromatic N) is 1. The molecule has 1 aromatic carbocycles. The SMILES string of the molecule is COc1ncc(CO)cc1-c1ccc(Cl)c(Cl)c1Cl. The number of rotatable bonds is 3. The fraction of sp³-hybridized carbons (Fsp3) is 0.154. The molecule has 100 valence electrons. The van der Waals surface area contributed by atoms with Crippen molar-refractivity contribution in [3.63, 3.8) is 0 Å². The van der Waals surface area contributed by atoms with Gasteiger partial charge in [0.05, 0.1) is 28.8 Å². The van der Waals surface area contributed by atoms with Crippen LogP contribution < -0.4 is 4.74 Å². The Morgan fingerprint density at radius 2 is 1.89 bits per heavy atom. The van der Waals surface area contributed by atoms with Gasteiger partial charge in [0, 0.05) is 17.3 Å². The fourth-order valence-corrected chi connectivity index (χ4v) is 2.31. The van der Waals surface area contributed by atoms with Gasteiger partial charge < -0.3 is 9.84 Å². The summed E-state index contributed by atoms with van der Waals surface area (Å²) in [5, 5.41) is 10.2. The van der Waals surface area contributed by atoms with Crippen molar-refractivity contribution in [3.05, 3.63) is 45.0 Å². The van der Waals surface area contributed by atoms with Gasteiger partial charge in [-0.15, -0.1) is 0 Å². The molecule has 1 heterocycles. The number of pyridine rings is 1. The van der Waals surface area contributed by atoms with Crippen LogP contribution >= 0.6 is 34.8 Å². The maximum absolute atomic E-state index is 9.18. The zero-order valence-corrected chi connectivity index (χ0v) is 12.2. The van der Waals surface area contributed by atoms with E-state index in [1.807, 2.05) is 0 Å². The molecule has 2 rings (SSSR count). The molecule has 0 bridgehead atoms. The number of halogens is 3. The highest BCUT2D eigenvalue weighted by Crippen LogP contribution is 2.40. The molecular weight excluding hydrogens is 309 g/mol. The van der Waals surface area contributed by atoms with E-state index in [2.05, 4.69) is 4.98 Å². The average Bonchev–Trinajstić information content (AvgIpc) is 2.44. The molecule has 0 fully saturated rings. The highest BCUT2D eigenvalue weighted by atomic mass is 35.5. The predicted octanol–water partition coefficient (Wildman–Crippen LogP) is 4.21. The predicted molar refractivity (Wildman–Crippen MR) is 77.2 cm³/mol. The van der Waals surface area contributed by atoms with Crippen LogP contribution in [0.15, 0.2) is 24.4 Å². The van der Waals surface area contributed by atoms with Gasteiger partial charge in [0.1, 0.15) is 0 Å². The summed E-state index contributed by atoms with van der Waals surface area (Å²) < 4.78 is 5.20. The monoisotopic (exact) mass is 317 g/mol. The molecule has 3 nitrogen and oxygen atoms in total. The molecule has 0 atom stereocenters. The minimum Gasteiger partial charge on any atom is -0.481 e. The van der Waals surface area contributed by atoms with E-state index >= 15 is 0 Å². The van der Waals surface area contributed by atoms with Crippen LogP contribution in [0.5, 0.6) is 5.88 Å². The van der Waals surface area contributed by atoms with Crippen LogP contribution in [0.2, 0.25) is 15.1 Å². The largest absolute Gasteiger partial charge is 0.481 e. The van der Waals surface area contributed by atoms with E-state index in [9.17, 15) is 5.11 Å². The van der Waals surface area contributed by atoms with Gasteiger partial charge in [0.25, 0.3) is 0 Å². The van der Waals surface area contributed by atoms with Crippen molar-refractivity contribution < 1.29 is 9.84 Å². The van der Waals surface area contributed by atoms with Gasteiger partial charge in [0.15, 0.2) is 0 Å². The summed E-state index contributed by atoms with van der Waals surface area (Å²) in [4.78, 5) is 4.12. The summed E-state index contributed by atoms with van der Waals surface area (Å²) in [6.07, 6.45) is 1.54. The number of hydrogen-bond donors (Lipinski definition) is 1. The highest BCUT2D eigenvalue weighted by Gasteiger charge is 2.15. The minimum absolute atomic E-state index is 0.122.